The largest absolute Gasteiger partial charge is 0.481 e. The second-order valence-electron chi connectivity index (χ2n) is 1.43. The van der Waals surface area contributed by atoms with Crippen LogP contribution in [0.1, 0.15) is 12.8 Å². The van der Waals surface area contributed by atoms with Crippen molar-refractivity contribution >= 4 is 24.4 Å². The number of carboxylic acid groups (broad SMARTS) is 1. The third-order valence-corrected chi connectivity index (χ3v) is 0.757. The van der Waals surface area contributed by atoms with Gasteiger partial charge >= 0.3 is 11.9 Å². The number of aliphatic carboxylic acids is 1. The van der Waals surface area contributed by atoms with Crippen molar-refractivity contribution in [2.24, 2.45) is 4.53 Å². The van der Waals surface area contributed by atoms with Crippen LogP contribution in [-0.4, -0.2) is 17.0 Å². The van der Waals surface area contributed by atoms with Gasteiger partial charge in [-0.1, -0.05) is 0 Å². The first-order chi connectivity index (χ1) is 4.66. The van der Waals surface area contributed by atoms with Crippen LogP contribution in [0.4, 0.5) is 0 Å². The van der Waals surface area contributed by atoms with Gasteiger partial charge in [-0.05, 0) is 4.53 Å². The molecular formula is C4H5NO4S. The fraction of sp³-hybridized carbons (Fsp3) is 0.500. The average Bonchev–Trinajstić information content (AvgIpc) is 1.85. The molecule has 0 aliphatic rings. The van der Waals surface area contributed by atoms with E-state index in [1.54, 1.807) is 0 Å². The van der Waals surface area contributed by atoms with Gasteiger partial charge in [0.25, 0.3) is 0 Å². The summed E-state index contributed by atoms with van der Waals surface area (Å²) in [5.74, 6) is -1.78. The van der Waals surface area contributed by atoms with E-state index in [1.165, 1.54) is 0 Å². The Morgan fingerprint density at radius 2 is 2.10 bits per heavy atom. The molecule has 0 rings (SSSR count). The second kappa shape index (κ2) is 4.80. The second-order valence-corrected chi connectivity index (χ2v) is 1.58. The Morgan fingerprint density at radius 3 is 2.50 bits per heavy atom. The third kappa shape index (κ3) is 5.10. The molecule has 0 saturated heterocycles. The highest BCUT2D eigenvalue weighted by atomic mass is 32.1. The number of rotatable bonds is 4. The topological polar surface area (TPSA) is 76.0 Å². The van der Waals surface area contributed by atoms with Crippen molar-refractivity contribution in [1.29, 1.82) is 0 Å². The van der Waals surface area contributed by atoms with Gasteiger partial charge in [-0.15, -0.1) is 0 Å². The van der Waals surface area contributed by atoms with E-state index in [2.05, 4.69) is 21.8 Å². The van der Waals surface area contributed by atoms with Crippen molar-refractivity contribution in [2.75, 3.05) is 0 Å². The zero-order valence-corrected chi connectivity index (χ0v) is 5.76. The molecule has 0 unspecified atom stereocenters. The van der Waals surface area contributed by atoms with Gasteiger partial charge in [0.15, 0.2) is 0 Å². The van der Waals surface area contributed by atoms with Crippen molar-refractivity contribution in [3.8, 4) is 0 Å². The maximum absolute atomic E-state index is 10.3. The summed E-state index contributed by atoms with van der Waals surface area (Å²) in [5.41, 5.74) is 0. The lowest BCUT2D eigenvalue weighted by Gasteiger charge is -1.90. The molecule has 0 fully saturated rings. The van der Waals surface area contributed by atoms with Gasteiger partial charge in [-0.2, -0.15) is 0 Å². The minimum absolute atomic E-state index is 0.199. The highest BCUT2D eigenvalue weighted by molar-refractivity contribution is 7.47. The molecule has 0 saturated carbocycles. The van der Waals surface area contributed by atoms with Crippen LogP contribution in [0.2, 0.25) is 0 Å². The van der Waals surface area contributed by atoms with Crippen LogP contribution in [0.3, 0.4) is 0 Å². The van der Waals surface area contributed by atoms with Gasteiger partial charge in [0.1, 0.15) is 0 Å². The van der Waals surface area contributed by atoms with Crippen LogP contribution in [0, 0.1) is 0 Å². The molecule has 0 heterocycles. The van der Waals surface area contributed by atoms with Crippen LogP contribution in [0.15, 0.2) is 4.53 Å². The normalized spacial score (nSPS) is 8.40. The summed E-state index contributed by atoms with van der Waals surface area (Å²) in [5, 5.41) is 8.07. The first kappa shape index (κ1) is 8.96. The van der Waals surface area contributed by atoms with Gasteiger partial charge in [0.2, 0.25) is 0 Å². The van der Waals surface area contributed by atoms with Crippen molar-refractivity contribution in [3.63, 3.8) is 0 Å². The van der Waals surface area contributed by atoms with E-state index < -0.39 is 11.9 Å². The first-order valence-electron chi connectivity index (χ1n) is 2.41. The molecule has 0 amide bonds. The zero-order valence-electron chi connectivity index (χ0n) is 4.94. The Labute approximate surface area is 62.1 Å². The number of hydrogen-bond acceptors (Lipinski definition) is 5. The molecule has 0 aromatic rings. The lowest BCUT2D eigenvalue weighted by atomic mass is 10.3. The molecule has 0 spiro atoms. The van der Waals surface area contributed by atoms with Crippen LogP contribution in [-0.2, 0) is 26.9 Å². The molecule has 10 heavy (non-hydrogen) atoms. The van der Waals surface area contributed by atoms with Crippen molar-refractivity contribution in [3.05, 3.63) is 0 Å². The number of carbonyl (C=O) groups excluding carboxylic acids is 1. The first-order valence-corrected chi connectivity index (χ1v) is 2.77. The Hall–Kier alpha value is -1.04. The molecule has 0 aromatic heterocycles. The van der Waals surface area contributed by atoms with E-state index >= 15 is 0 Å². The number of nitrogens with zero attached hydrogens (tertiary/aromatic N) is 1. The summed E-state index contributed by atoms with van der Waals surface area (Å²) in [6.07, 6.45) is -0.459. The van der Waals surface area contributed by atoms with E-state index in [9.17, 15) is 9.59 Å². The van der Waals surface area contributed by atoms with E-state index in [0.29, 0.717) is 0 Å². The minimum atomic E-state index is -1.05. The number of carboxylic acids is 1. The Morgan fingerprint density at radius 1 is 1.50 bits per heavy atom. The van der Waals surface area contributed by atoms with Crippen LogP contribution in [0.5, 0.6) is 0 Å². The zero-order chi connectivity index (χ0) is 7.98. The van der Waals surface area contributed by atoms with Gasteiger partial charge in [-0.25, -0.2) is 4.79 Å². The molecule has 0 aromatic carbocycles. The Balaban J connectivity index is 3.39. The van der Waals surface area contributed by atoms with Gasteiger partial charge in [0.05, 0.1) is 25.3 Å². The lowest BCUT2D eigenvalue weighted by Crippen LogP contribution is -2.03. The summed E-state index contributed by atoms with van der Waals surface area (Å²) in [6.45, 7) is 0. The fourth-order valence-electron chi connectivity index (χ4n) is 0.296. The SMILES string of the molecule is O=C(O)CCC(=O)ON=S. The quantitative estimate of drug-likeness (QED) is 0.592. The highest BCUT2D eigenvalue weighted by Gasteiger charge is 2.05. The van der Waals surface area contributed by atoms with E-state index in [0.717, 1.165) is 0 Å². The van der Waals surface area contributed by atoms with Crippen molar-refractivity contribution < 1.29 is 19.5 Å². The van der Waals surface area contributed by atoms with Gasteiger partial charge < -0.3 is 9.94 Å². The summed E-state index contributed by atoms with van der Waals surface area (Å²) in [7, 11) is 0. The summed E-state index contributed by atoms with van der Waals surface area (Å²) in [4.78, 5) is 24.1. The van der Waals surface area contributed by atoms with Crippen LogP contribution < -0.4 is 0 Å². The standard InChI is InChI=1S/C4H5NO4S/c6-3(7)1-2-4(8)9-5-10/h1-2H2,(H,6,7). The summed E-state index contributed by atoms with van der Waals surface area (Å²) < 4.78 is 2.65. The van der Waals surface area contributed by atoms with Crippen molar-refractivity contribution in [1.82, 2.24) is 0 Å². The van der Waals surface area contributed by atoms with Gasteiger partial charge in [-0.3, -0.25) is 4.79 Å². The predicted octanol–water partition coefficient (Wildman–Crippen LogP) is 0.0399. The molecule has 0 aliphatic carbocycles. The lowest BCUT2D eigenvalue weighted by molar-refractivity contribution is -0.147. The molecule has 6 heteroatoms. The molecule has 56 valence electrons. The molecule has 1 N–H and O–H groups in total. The maximum atomic E-state index is 10.3. The van der Waals surface area contributed by atoms with E-state index in [4.69, 9.17) is 5.11 Å². The number of carbonyl (C=O) groups is 2. The van der Waals surface area contributed by atoms with Gasteiger partial charge in [0, 0.05) is 0 Å². The van der Waals surface area contributed by atoms with Crippen molar-refractivity contribution in [2.45, 2.75) is 12.8 Å². The molecule has 0 bridgehead atoms. The average molecular weight is 163 g/mol. The highest BCUT2D eigenvalue weighted by Crippen LogP contribution is 1.91. The maximum Gasteiger partial charge on any atom is 0.336 e. The molecular weight excluding hydrogens is 158 g/mol. The molecule has 0 atom stereocenters. The molecule has 0 radical (unpaired) electrons. The minimum Gasteiger partial charge on any atom is -0.481 e. The summed E-state index contributed by atoms with van der Waals surface area (Å²) >= 11 is 3.94. The van der Waals surface area contributed by atoms with Crippen LogP contribution in [0.25, 0.3) is 0 Å². The Kier molecular flexibility index (Phi) is 4.30. The monoisotopic (exact) mass is 163 g/mol. The Bertz CT molecular complexity index is 157. The van der Waals surface area contributed by atoms with E-state index in [-0.39, 0.29) is 12.8 Å². The summed E-state index contributed by atoms with van der Waals surface area (Å²) in [6, 6.07) is 0. The molecule has 5 nitrogen and oxygen atoms in total. The smallest absolute Gasteiger partial charge is 0.336 e. The number of hydrogen-bond donors (Lipinski definition) is 1. The predicted molar refractivity (Wildman–Crippen MR) is 32.8 cm³/mol. The van der Waals surface area contributed by atoms with Crippen LogP contribution >= 0.6 is 0 Å². The van der Waals surface area contributed by atoms with E-state index in [1.807, 2.05) is 0 Å². The third-order valence-electron chi connectivity index (χ3n) is 0.682. The molecule has 0 aliphatic heterocycles. The fourth-order valence-corrected chi connectivity index (χ4v) is 0.379.